The van der Waals surface area contributed by atoms with Crippen molar-refractivity contribution in [2.45, 2.75) is 6.18 Å². The molecule has 0 atom stereocenters. The van der Waals surface area contributed by atoms with E-state index in [-0.39, 0.29) is 11.3 Å². The van der Waals surface area contributed by atoms with E-state index in [1.807, 2.05) is 0 Å². The van der Waals surface area contributed by atoms with Crippen molar-refractivity contribution in [3.05, 3.63) is 45.6 Å². The minimum Gasteiger partial charge on any atom is -0.496 e. The summed E-state index contributed by atoms with van der Waals surface area (Å²) in [4.78, 5) is 9.39. The van der Waals surface area contributed by atoms with Gasteiger partial charge in [0.25, 0.3) is 0 Å². The van der Waals surface area contributed by atoms with E-state index in [9.17, 15) is 23.3 Å². The Balaban J connectivity index is 3.14. The lowest BCUT2D eigenvalue weighted by atomic mass is 10.1. The molecular formula is C10H8F3NO3. The van der Waals surface area contributed by atoms with Gasteiger partial charge in [0, 0.05) is 11.6 Å². The average Bonchev–Trinajstić information content (AvgIpc) is 2.24. The molecule has 0 aromatic heterocycles. The van der Waals surface area contributed by atoms with Gasteiger partial charge in [-0.1, -0.05) is 6.07 Å². The number of nitro groups is 1. The van der Waals surface area contributed by atoms with Crippen molar-refractivity contribution in [2.75, 3.05) is 7.11 Å². The Bertz CT molecular complexity index is 455. The molecule has 0 aliphatic rings. The van der Waals surface area contributed by atoms with Gasteiger partial charge < -0.3 is 4.74 Å². The zero-order valence-electron chi connectivity index (χ0n) is 8.69. The number of benzene rings is 1. The fourth-order valence-electron chi connectivity index (χ4n) is 1.17. The van der Waals surface area contributed by atoms with E-state index in [4.69, 9.17) is 4.74 Å². The van der Waals surface area contributed by atoms with Crippen LogP contribution in [-0.4, -0.2) is 12.0 Å². The highest BCUT2D eigenvalue weighted by molar-refractivity contribution is 5.57. The molecule has 0 saturated heterocycles. The number of methoxy groups -OCH3 is 1. The van der Waals surface area contributed by atoms with Gasteiger partial charge in [-0.3, -0.25) is 10.1 Å². The third-order valence-corrected chi connectivity index (χ3v) is 1.94. The van der Waals surface area contributed by atoms with Crippen LogP contribution in [0.2, 0.25) is 0 Å². The molecule has 0 amide bonds. The Morgan fingerprint density at radius 1 is 1.41 bits per heavy atom. The van der Waals surface area contributed by atoms with Gasteiger partial charge in [0.1, 0.15) is 5.75 Å². The normalized spacial score (nSPS) is 11.8. The molecule has 0 N–H and O–H groups in total. The molecule has 1 aromatic rings. The monoisotopic (exact) mass is 247 g/mol. The highest BCUT2D eigenvalue weighted by Crippen LogP contribution is 2.33. The van der Waals surface area contributed by atoms with Crippen LogP contribution in [0.3, 0.4) is 0 Å². The number of halogens is 3. The first-order chi connectivity index (χ1) is 7.84. The predicted molar refractivity (Wildman–Crippen MR) is 54.0 cm³/mol. The average molecular weight is 247 g/mol. The van der Waals surface area contributed by atoms with Crippen LogP contribution in [0, 0.1) is 10.1 Å². The van der Waals surface area contributed by atoms with Crippen molar-refractivity contribution in [1.29, 1.82) is 0 Å². The number of hydrogen-bond acceptors (Lipinski definition) is 3. The maximum absolute atomic E-state index is 12.4. The van der Waals surface area contributed by atoms with Crippen LogP contribution in [0.1, 0.15) is 11.1 Å². The third-order valence-electron chi connectivity index (χ3n) is 1.94. The lowest BCUT2D eigenvalue weighted by Crippen LogP contribution is -2.05. The molecule has 0 aliphatic carbocycles. The fraction of sp³-hybridized carbons (Fsp3) is 0.200. The van der Waals surface area contributed by atoms with E-state index in [2.05, 4.69) is 0 Å². The maximum Gasteiger partial charge on any atom is 0.416 e. The van der Waals surface area contributed by atoms with E-state index in [0.717, 1.165) is 24.3 Å². The van der Waals surface area contributed by atoms with Crippen molar-refractivity contribution in [3.63, 3.8) is 0 Å². The van der Waals surface area contributed by atoms with Crippen molar-refractivity contribution in [1.82, 2.24) is 0 Å². The summed E-state index contributed by atoms with van der Waals surface area (Å²) in [6.07, 6.45) is -2.78. The Labute approximate surface area is 94.5 Å². The summed E-state index contributed by atoms with van der Waals surface area (Å²) in [7, 11) is 1.19. The number of rotatable bonds is 3. The van der Waals surface area contributed by atoms with Crippen LogP contribution in [0.5, 0.6) is 5.75 Å². The zero-order valence-corrected chi connectivity index (χ0v) is 8.69. The molecular weight excluding hydrogens is 239 g/mol. The first-order valence-corrected chi connectivity index (χ1v) is 4.41. The molecule has 0 saturated carbocycles. The van der Waals surface area contributed by atoms with E-state index in [1.165, 1.54) is 7.11 Å². The first-order valence-electron chi connectivity index (χ1n) is 4.41. The molecule has 92 valence electrons. The van der Waals surface area contributed by atoms with Gasteiger partial charge in [0.15, 0.2) is 0 Å². The SMILES string of the molecule is COc1cc(C(F)(F)F)ccc1C=C[N+](=O)[O-]. The Morgan fingerprint density at radius 3 is 2.53 bits per heavy atom. The summed E-state index contributed by atoms with van der Waals surface area (Å²) in [5.74, 6) is -0.0714. The minimum absolute atomic E-state index is 0.0714. The van der Waals surface area contributed by atoms with E-state index in [0.29, 0.717) is 6.20 Å². The second-order valence-corrected chi connectivity index (χ2v) is 3.06. The topological polar surface area (TPSA) is 52.4 Å². The summed E-state index contributed by atoms with van der Waals surface area (Å²) >= 11 is 0. The standard InChI is InChI=1S/C10H8F3NO3/c1-17-9-6-8(10(11,12)13)3-2-7(9)4-5-14(15)16/h2-6H,1H3. The number of nitrogens with zero attached hydrogens (tertiary/aromatic N) is 1. The zero-order chi connectivity index (χ0) is 13.1. The summed E-state index contributed by atoms with van der Waals surface area (Å²) in [5.41, 5.74) is -0.662. The van der Waals surface area contributed by atoms with Gasteiger partial charge in [-0.2, -0.15) is 13.2 Å². The molecule has 0 spiro atoms. The van der Waals surface area contributed by atoms with Gasteiger partial charge in [-0.05, 0) is 12.1 Å². The second kappa shape index (κ2) is 4.86. The van der Waals surface area contributed by atoms with Crippen LogP contribution in [0.4, 0.5) is 13.2 Å². The largest absolute Gasteiger partial charge is 0.496 e. The molecule has 0 radical (unpaired) electrons. The summed E-state index contributed by atoms with van der Waals surface area (Å²) in [5, 5.41) is 10.1. The first kappa shape index (κ1) is 13.0. The lowest BCUT2D eigenvalue weighted by molar-refractivity contribution is -0.400. The quantitative estimate of drug-likeness (QED) is 0.609. The maximum atomic E-state index is 12.4. The number of ether oxygens (including phenoxy) is 1. The molecule has 0 aliphatic heterocycles. The smallest absolute Gasteiger partial charge is 0.416 e. The van der Waals surface area contributed by atoms with E-state index in [1.54, 1.807) is 0 Å². The summed E-state index contributed by atoms with van der Waals surface area (Å²) < 4.78 is 41.8. The predicted octanol–water partition coefficient (Wildman–Crippen LogP) is 2.96. The Hall–Kier alpha value is -2.05. The molecule has 1 aromatic carbocycles. The van der Waals surface area contributed by atoms with Gasteiger partial charge in [0.2, 0.25) is 6.20 Å². The third kappa shape index (κ3) is 3.47. The highest BCUT2D eigenvalue weighted by Gasteiger charge is 2.31. The van der Waals surface area contributed by atoms with Gasteiger partial charge in [0.05, 0.1) is 17.6 Å². The fourth-order valence-corrected chi connectivity index (χ4v) is 1.17. The molecule has 0 unspecified atom stereocenters. The Kier molecular flexibility index (Phi) is 3.72. The number of hydrogen-bond donors (Lipinski definition) is 0. The van der Waals surface area contributed by atoms with E-state index >= 15 is 0 Å². The van der Waals surface area contributed by atoms with Crippen LogP contribution in [-0.2, 0) is 6.18 Å². The molecule has 1 rings (SSSR count). The van der Waals surface area contributed by atoms with Crippen molar-refractivity contribution >= 4 is 6.08 Å². The molecule has 17 heavy (non-hydrogen) atoms. The lowest BCUT2D eigenvalue weighted by Gasteiger charge is -2.10. The molecule has 0 heterocycles. The molecule has 4 nitrogen and oxygen atoms in total. The summed E-state index contributed by atoms with van der Waals surface area (Å²) in [6.45, 7) is 0. The van der Waals surface area contributed by atoms with E-state index < -0.39 is 16.7 Å². The molecule has 7 heteroatoms. The van der Waals surface area contributed by atoms with Gasteiger partial charge in [-0.25, -0.2) is 0 Å². The molecule has 0 bridgehead atoms. The second-order valence-electron chi connectivity index (χ2n) is 3.06. The van der Waals surface area contributed by atoms with Crippen molar-refractivity contribution < 1.29 is 22.8 Å². The van der Waals surface area contributed by atoms with Crippen LogP contribution in [0.15, 0.2) is 24.4 Å². The van der Waals surface area contributed by atoms with Crippen LogP contribution >= 0.6 is 0 Å². The van der Waals surface area contributed by atoms with Crippen molar-refractivity contribution in [3.8, 4) is 5.75 Å². The minimum atomic E-state index is -4.47. The Morgan fingerprint density at radius 2 is 2.06 bits per heavy atom. The van der Waals surface area contributed by atoms with Crippen molar-refractivity contribution in [2.24, 2.45) is 0 Å². The molecule has 0 fully saturated rings. The number of alkyl halides is 3. The van der Waals surface area contributed by atoms with Gasteiger partial charge in [-0.15, -0.1) is 0 Å². The van der Waals surface area contributed by atoms with Crippen LogP contribution < -0.4 is 4.74 Å². The highest BCUT2D eigenvalue weighted by atomic mass is 19.4. The van der Waals surface area contributed by atoms with Crippen LogP contribution in [0.25, 0.3) is 6.08 Å². The van der Waals surface area contributed by atoms with Gasteiger partial charge >= 0.3 is 6.18 Å². The summed E-state index contributed by atoms with van der Waals surface area (Å²) in [6, 6.07) is 2.74.